The normalized spacial score (nSPS) is 7.20. The predicted octanol–water partition coefficient (Wildman–Crippen LogP) is -2.05. The first-order chi connectivity index (χ1) is 1.73. The smallest absolute Gasteiger partial charge is 0.388 e. The quantitative estimate of drug-likeness (QED) is 0.365. The summed E-state index contributed by atoms with van der Waals surface area (Å²) in [7, 11) is -2.88. The van der Waals surface area contributed by atoms with Gasteiger partial charge in [-0.15, -0.1) is 0 Å². The second kappa shape index (κ2) is 5.20. The molecule has 28 valence electrons. The molecule has 0 amide bonds. The van der Waals surface area contributed by atoms with E-state index >= 15 is 0 Å². The Morgan fingerprint density at radius 1 is 1.00 bits per heavy atom. The molecule has 0 aliphatic rings. The van der Waals surface area contributed by atoms with Crippen molar-refractivity contribution >= 4 is 9.53 Å². The van der Waals surface area contributed by atoms with Gasteiger partial charge in [-0.05, 0) is 0 Å². The van der Waals surface area contributed by atoms with E-state index in [2.05, 4.69) is 0 Å². The predicted molar refractivity (Wildman–Crippen MR) is 12.4 cm³/mol. The van der Waals surface area contributed by atoms with Gasteiger partial charge in [-0.3, -0.25) is 0 Å². The Balaban J connectivity index is 0. The summed E-state index contributed by atoms with van der Waals surface area (Å²) in [6.45, 7) is 0. The second-order valence-corrected chi connectivity index (χ2v) is 0.900. The van der Waals surface area contributed by atoms with Crippen molar-refractivity contribution < 1.29 is 47.1 Å². The van der Waals surface area contributed by atoms with Gasteiger partial charge in [-0.25, -0.2) is 0 Å². The monoisotopic (exact) mass is 168 g/mol. The van der Waals surface area contributed by atoms with Crippen LogP contribution < -0.4 is 0 Å². The van der Waals surface area contributed by atoms with Crippen LogP contribution in [0.15, 0.2) is 0 Å². The third kappa shape index (κ3) is 37.0. The van der Waals surface area contributed by atoms with Gasteiger partial charge in [0.05, 0.1) is 0 Å². The van der Waals surface area contributed by atoms with Gasteiger partial charge >= 0.3 is 9.53 Å². The number of rotatable bonds is 0. The molecule has 0 saturated carbocycles. The first kappa shape index (κ1) is 9.50. The van der Waals surface area contributed by atoms with Crippen molar-refractivity contribution in [1.82, 2.24) is 0 Å². The molecule has 0 unspecified atom stereocenters. The summed E-state index contributed by atoms with van der Waals surface area (Å²) in [5, 5.41) is 0. The molecule has 0 aromatic carbocycles. The third-order valence-electron chi connectivity index (χ3n) is 0. The van der Waals surface area contributed by atoms with Crippen LogP contribution in [0.25, 0.3) is 0 Å². The maximum absolute atomic E-state index is 7.27. The molecule has 0 aliphatic carbocycles. The molecule has 3 nitrogen and oxygen atoms in total. The Morgan fingerprint density at radius 3 is 1.00 bits per heavy atom. The Hall–Kier alpha value is 1.20. The summed E-state index contributed by atoms with van der Waals surface area (Å²) >= 11 is 0. The van der Waals surface area contributed by atoms with Crippen molar-refractivity contribution in [1.29, 1.82) is 0 Å². The van der Waals surface area contributed by atoms with Crippen LogP contribution in [-0.4, -0.2) is 23.9 Å². The topological polar surface area (TPSA) is 60.7 Å². The Morgan fingerprint density at radius 2 is 1.00 bits per heavy atom. The van der Waals surface area contributed by atoms with Crippen LogP contribution in [-0.2, 0) is 32.7 Å². The van der Waals surface area contributed by atoms with Gasteiger partial charge in [0, 0.05) is 32.7 Å². The fourth-order valence-electron chi connectivity index (χ4n) is 0. The second-order valence-electron chi connectivity index (χ2n) is 0.300. The maximum atomic E-state index is 7.27. The molecule has 0 atom stereocenters. The number of hydrogen-bond donors (Lipinski definition) is 3. The molecule has 5 heavy (non-hydrogen) atoms. The molecule has 3 N–H and O–H groups in total. The van der Waals surface area contributed by atoms with Crippen LogP contribution in [0, 0.1) is 0 Å². The molecule has 0 rings (SSSR count). The fraction of sp³-hybridized carbons (Fsp3) is 0. The van der Waals surface area contributed by atoms with Crippen LogP contribution in [0.3, 0.4) is 0 Å². The van der Waals surface area contributed by atoms with E-state index in [0.29, 0.717) is 0 Å². The van der Waals surface area contributed by atoms with Gasteiger partial charge in [0.2, 0.25) is 0 Å². The van der Waals surface area contributed by atoms with Crippen molar-refractivity contribution in [3.8, 4) is 0 Å². The molecule has 5 heteroatoms. The van der Waals surface area contributed by atoms with Crippen LogP contribution >= 0.6 is 0 Å². The Kier molecular flexibility index (Phi) is 9.89. The van der Waals surface area contributed by atoms with E-state index in [1.165, 1.54) is 0 Å². The molecule has 0 saturated heterocycles. The molecular weight excluding hydrogens is 165 g/mol. The van der Waals surface area contributed by atoms with Gasteiger partial charge in [0.1, 0.15) is 0 Å². The van der Waals surface area contributed by atoms with Gasteiger partial charge < -0.3 is 14.4 Å². The summed E-state index contributed by atoms with van der Waals surface area (Å²) in [4.78, 5) is 21.8. The van der Waals surface area contributed by atoms with E-state index < -0.39 is 9.53 Å². The molecule has 0 fully saturated rings. The van der Waals surface area contributed by atoms with Gasteiger partial charge in [0.25, 0.3) is 0 Å². The molecule has 0 aromatic rings. The zero-order valence-electron chi connectivity index (χ0n) is 2.42. The van der Waals surface area contributed by atoms with Crippen LogP contribution in [0.1, 0.15) is 0 Å². The fourth-order valence-corrected chi connectivity index (χ4v) is 0. The van der Waals surface area contributed by atoms with Crippen LogP contribution in [0.4, 0.5) is 0 Å². The van der Waals surface area contributed by atoms with Crippen molar-refractivity contribution in [2.24, 2.45) is 0 Å². The standard InChI is InChI=1S/H3O3Si.Y/c1-4(2)3;/h1-3H;. The zero-order chi connectivity index (χ0) is 3.58. The number of hydrogen-bond acceptors (Lipinski definition) is 3. The SMILES string of the molecule is O[Si](O)O.[Y]. The van der Waals surface area contributed by atoms with Crippen LogP contribution in [0.5, 0.6) is 0 Å². The third-order valence-corrected chi connectivity index (χ3v) is 0. The Labute approximate surface area is 56.5 Å². The van der Waals surface area contributed by atoms with E-state index in [0.717, 1.165) is 0 Å². The molecule has 2 radical (unpaired) electrons. The molecular formula is H3O3SiY. The minimum atomic E-state index is -2.88. The van der Waals surface area contributed by atoms with E-state index in [4.69, 9.17) is 14.4 Å². The van der Waals surface area contributed by atoms with Gasteiger partial charge in [0.15, 0.2) is 0 Å². The molecule has 0 aromatic heterocycles. The van der Waals surface area contributed by atoms with Gasteiger partial charge in [-0.1, -0.05) is 0 Å². The zero-order valence-corrected chi connectivity index (χ0v) is 6.26. The molecule has 0 aliphatic heterocycles. The first-order valence-electron chi connectivity index (χ1n) is 0.671. The minimum absolute atomic E-state index is 0. The van der Waals surface area contributed by atoms with Crippen molar-refractivity contribution in [3.63, 3.8) is 0 Å². The first-order valence-corrected chi connectivity index (χ1v) is 2.01. The maximum Gasteiger partial charge on any atom is 0.569 e. The average molecular weight is 168 g/mol. The van der Waals surface area contributed by atoms with Crippen molar-refractivity contribution in [2.45, 2.75) is 0 Å². The van der Waals surface area contributed by atoms with E-state index in [-0.39, 0.29) is 32.7 Å². The van der Waals surface area contributed by atoms with Gasteiger partial charge in [-0.2, -0.15) is 0 Å². The summed E-state index contributed by atoms with van der Waals surface area (Å²) in [6.07, 6.45) is 0. The van der Waals surface area contributed by atoms with Crippen LogP contribution in [0.2, 0.25) is 0 Å². The van der Waals surface area contributed by atoms with E-state index in [9.17, 15) is 0 Å². The largest absolute Gasteiger partial charge is 0.569 e. The summed E-state index contributed by atoms with van der Waals surface area (Å²) in [6, 6.07) is 0. The summed E-state index contributed by atoms with van der Waals surface area (Å²) in [5.74, 6) is 0. The average Bonchev–Trinajstić information content (AvgIpc) is 0.811. The van der Waals surface area contributed by atoms with E-state index in [1.54, 1.807) is 0 Å². The molecule has 0 bridgehead atoms. The summed E-state index contributed by atoms with van der Waals surface area (Å²) < 4.78 is 0. The van der Waals surface area contributed by atoms with Crippen molar-refractivity contribution in [3.05, 3.63) is 0 Å². The Bertz CT molecular complexity index is 11.6. The summed E-state index contributed by atoms with van der Waals surface area (Å²) in [5.41, 5.74) is 0. The minimum Gasteiger partial charge on any atom is -0.388 e. The van der Waals surface area contributed by atoms with Crippen molar-refractivity contribution in [2.75, 3.05) is 0 Å². The molecule has 0 spiro atoms. The molecule has 0 heterocycles. The van der Waals surface area contributed by atoms with E-state index in [1.807, 2.05) is 0 Å².